The highest BCUT2D eigenvalue weighted by Crippen LogP contribution is 2.30. The van der Waals surface area contributed by atoms with Gasteiger partial charge < -0.3 is 19.4 Å². The normalized spacial score (nSPS) is 11.8. The number of aryl methyl sites for hydroxylation is 1. The minimum atomic E-state index is -0.639. The summed E-state index contributed by atoms with van der Waals surface area (Å²) in [7, 11) is 4.91. The van der Waals surface area contributed by atoms with Crippen molar-refractivity contribution in [2.24, 2.45) is 7.05 Å². The summed E-state index contributed by atoms with van der Waals surface area (Å²) >= 11 is 3.19. The number of methoxy groups -OCH3 is 2. The Balaban J connectivity index is 2.04. The molecule has 0 aliphatic rings. The van der Waals surface area contributed by atoms with Gasteiger partial charge in [0.25, 0.3) is 5.91 Å². The van der Waals surface area contributed by atoms with Crippen LogP contribution in [-0.2, 0) is 7.05 Å². The van der Waals surface area contributed by atoms with Crippen LogP contribution < -0.4 is 14.8 Å². The fourth-order valence-corrected chi connectivity index (χ4v) is 3.16. The average molecular weight is 448 g/mol. The van der Waals surface area contributed by atoms with Crippen LogP contribution in [0.4, 0.5) is 4.39 Å². The van der Waals surface area contributed by atoms with Crippen LogP contribution in [0.1, 0.15) is 27.8 Å². The Morgan fingerprint density at radius 2 is 1.86 bits per heavy atom. The van der Waals surface area contributed by atoms with Crippen LogP contribution in [0.2, 0.25) is 0 Å². The Kier molecular flexibility index (Phi) is 5.99. The zero-order chi connectivity index (χ0) is 20.3. The summed E-state index contributed by atoms with van der Waals surface area (Å²) in [5.74, 6) is 0.546. The van der Waals surface area contributed by atoms with Gasteiger partial charge in [-0.05, 0) is 35.9 Å². The predicted molar refractivity (Wildman–Crippen MR) is 106 cm³/mol. The van der Waals surface area contributed by atoms with Crippen molar-refractivity contribution in [3.8, 4) is 11.5 Å². The third kappa shape index (κ3) is 4.17. The zero-order valence-corrected chi connectivity index (χ0v) is 17.2. The fourth-order valence-electron chi connectivity index (χ4n) is 2.83. The van der Waals surface area contributed by atoms with Gasteiger partial charge in [0, 0.05) is 30.0 Å². The van der Waals surface area contributed by atoms with Crippen LogP contribution >= 0.6 is 15.9 Å². The monoisotopic (exact) mass is 447 g/mol. The van der Waals surface area contributed by atoms with Gasteiger partial charge in [0.2, 0.25) is 0 Å². The molecule has 3 rings (SSSR count). The van der Waals surface area contributed by atoms with E-state index in [0.717, 1.165) is 0 Å². The molecule has 1 aromatic heterocycles. The number of benzene rings is 2. The summed E-state index contributed by atoms with van der Waals surface area (Å²) in [6.45, 7) is 0. The lowest BCUT2D eigenvalue weighted by molar-refractivity contribution is 0.0937. The number of halogens is 2. The molecule has 8 heteroatoms. The van der Waals surface area contributed by atoms with E-state index in [1.807, 2.05) is 7.05 Å². The topological polar surface area (TPSA) is 65.4 Å². The summed E-state index contributed by atoms with van der Waals surface area (Å²) in [5, 5.41) is 2.87. The lowest BCUT2D eigenvalue weighted by Crippen LogP contribution is -2.31. The van der Waals surface area contributed by atoms with E-state index in [-0.39, 0.29) is 5.56 Å². The van der Waals surface area contributed by atoms with E-state index in [0.29, 0.717) is 27.4 Å². The molecule has 0 saturated heterocycles. The van der Waals surface area contributed by atoms with Gasteiger partial charge in [0.05, 0.1) is 19.8 Å². The van der Waals surface area contributed by atoms with Gasteiger partial charge >= 0.3 is 0 Å². The van der Waals surface area contributed by atoms with E-state index in [1.165, 1.54) is 12.1 Å². The van der Waals surface area contributed by atoms with Crippen molar-refractivity contribution in [1.29, 1.82) is 0 Å². The Bertz CT molecular complexity index is 984. The average Bonchev–Trinajstić information content (AvgIpc) is 3.11. The maximum atomic E-state index is 14.3. The number of nitrogens with one attached hydrogen (secondary N) is 1. The highest BCUT2D eigenvalue weighted by Gasteiger charge is 2.24. The minimum Gasteiger partial charge on any atom is -0.497 e. The molecular weight excluding hydrogens is 429 g/mol. The first-order valence-corrected chi connectivity index (χ1v) is 9.18. The Morgan fingerprint density at radius 3 is 2.39 bits per heavy atom. The number of aromatic nitrogens is 2. The van der Waals surface area contributed by atoms with Crippen LogP contribution in [0.3, 0.4) is 0 Å². The molecule has 3 aromatic rings. The first kappa shape index (κ1) is 19.9. The van der Waals surface area contributed by atoms with Gasteiger partial charge in [0.15, 0.2) is 0 Å². The number of amides is 1. The molecule has 1 atom stereocenters. The summed E-state index contributed by atoms with van der Waals surface area (Å²) < 4.78 is 27.3. The van der Waals surface area contributed by atoms with E-state index >= 15 is 0 Å². The van der Waals surface area contributed by atoms with E-state index < -0.39 is 17.8 Å². The fraction of sp³-hybridized carbons (Fsp3) is 0.200. The second-order valence-corrected chi connectivity index (χ2v) is 6.99. The molecule has 1 N–H and O–H groups in total. The summed E-state index contributed by atoms with van der Waals surface area (Å²) in [5.41, 5.74) is 0.633. The maximum Gasteiger partial charge on any atom is 0.255 e. The number of hydrogen-bond donors (Lipinski definition) is 1. The second-order valence-electron chi connectivity index (χ2n) is 6.07. The number of ether oxygens (including phenoxy) is 2. The Morgan fingerprint density at radius 1 is 1.18 bits per heavy atom. The number of carbonyl (C=O) groups is 1. The predicted octanol–water partition coefficient (Wildman–Crippen LogP) is 3.86. The summed E-state index contributed by atoms with van der Waals surface area (Å²) in [6, 6.07) is 8.94. The van der Waals surface area contributed by atoms with Crippen molar-refractivity contribution in [2.45, 2.75) is 6.04 Å². The largest absolute Gasteiger partial charge is 0.497 e. The highest BCUT2D eigenvalue weighted by atomic mass is 79.9. The Hall–Kier alpha value is -2.87. The molecule has 1 amide bonds. The molecule has 146 valence electrons. The van der Waals surface area contributed by atoms with E-state index in [4.69, 9.17) is 9.47 Å². The number of nitrogens with zero attached hydrogens (tertiary/aromatic N) is 2. The van der Waals surface area contributed by atoms with Gasteiger partial charge in [-0.2, -0.15) is 0 Å². The van der Waals surface area contributed by atoms with Gasteiger partial charge in [-0.25, -0.2) is 9.37 Å². The third-order valence-corrected chi connectivity index (χ3v) is 4.77. The van der Waals surface area contributed by atoms with E-state index in [1.54, 1.807) is 55.4 Å². The molecule has 0 bridgehead atoms. The Labute approximate surface area is 170 Å². The van der Waals surface area contributed by atoms with E-state index in [2.05, 4.69) is 26.2 Å². The summed E-state index contributed by atoms with van der Waals surface area (Å²) in [4.78, 5) is 17.2. The number of rotatable bonds is 6. The highest BCUT2D eigenvalue weighted by molar-refractivity contribution is 9.10. The number of imidazole rings is 1. The van der Waals surface area contributed by atoms with Crippen molar-refractivity contribution in [1.82, 2.24) is 14.9 Å². The van der Waals surface area contributed by atoms with Gasteiger partial charge in [-0.3, -0.25) is 4.79 Å². The van der Waals surface area contributed by atoms with Crippen LogP contribution in [0.15, 0.2) is 53.3 Å². The standard InChI is InChI=1S/C20H19BrFN3O3/c1-25-7-6-23-19(25)18(12-8-14(27-2)11-15(9-12)28-3)24-20(26)16-5-4-13(21)10-17(16)22/h4-11,18H,1-3H3,(H,24,26). The molecule has 0 spiro atoms. The van der Waals surface area contributed by atoms with Crippen LogP contribution in [-0.4, -0.2) is 29.7 Å². The molecule has 28 heavy (non-hydrogen) atoms. The molecule has 0 aliphatic heterocycles. The lowest BCUT2D eigenvalue weighted by atomic mass is 10.0. The van der Waals surface area contributed by atoms with Crippen molar-refractivity contribution in [3.63, 3.8) is 0 Å². The number of carbonyl (C=O) groups excluding carboxylic acids is 1. The molecule has 0 radical (unpaired) electrons. The van der Waals surface area contributed by atoms with Crippen molar-refractivity contribution >= 4 is 21.8 Å². The van der Waals surface area contributed by atoms with Crippen LogP contribution in [0.25, 0.3) is 0 Å². The summed E-state index contributed by atoms with van der Waals surface area (Å²) in [6.07, 6.45) is 3.40. The molecular formula is C20H19BrFN3O3. The van der Waals surface area contributed by atoms with Crippen molar-refractivity contribution in [2.75, 3.05) is 14.2 Å². The minimum absolute atomic E-state index is 0.0581. The molecule has 0 aliphatic carbocycles. The molecule has 0 saturated carbocycles. The lowest BCUT2D eigenvalue weighted by Gasteiger charge is -2.21. The second kappa shape index (κ2) is 8.43. The quantitative estimate of drug-likeness (QED) is 0.622. The van der Waals surface area contributed by atoms with Crippen LogP contribution in [0, 0.1) is 5.82 Å². The first-order chi connectivity index (χ1) is 13.4. The molecule has 1 heterocycles. The van der Waals surface area contributed by atoms with Gasteiger partial charge in [-0.15, -0.1) is 0 Å². The molecule has 0 fully saturated rings. The molecule has 2 aromatic carbocycles. The van der Waals surface area contributed by atoms with E-state index in [9.17, 15) is 9.18 Å². The van der Waals surface area contributed by atoms with Crippen LogP contribution in [0.5, 0.6) is 11.5 Å². The van der Waals surface area contributed by atoms with Gasteiger partial charge in [-0.1, -0.05) is 15.9 Å². The molecule has 6 nitrogen and oxygen atoms in total. The van der Waals surface area contributed by atoms with Crippen molar-refractivity contribution < 1.29 is 18.7 Å². The molecule has 1 unspecified atom stereocenters. The van der Waals surface area contributed by atoms with Crippen molar-refractivity contribution in [3.05, 3.63) is 76.0 Å². The van der Waals surface area contributed by atoms with Gasteiger partial charge in [0.1, 0.15) is 29.2 Å². The smallest absolute Gasteiger partial charge is 0.255 e. The number of hydrogen-bond acceptors (Lipinski definition) is 4. The SMILES string of the molecule is COc1cc(OC)cc(C(NC(=O)c2ccc(Br)cc2F)c2nccn2C)c1. The third-order valence-electron chi connectivity index (χ3n) is 4.27. The zero-order valence-electron chi connectivity index (χ0n) is 15.6. The first-order valence-electron chi connectivity index (χ1n) is 8.39. The maximum absolute atomic E-state index is 14.3.